The Labute approximate surface area is 72.8 Å². The van der Waals surface area contributed by atoms with E-state index in [-0.39, 0.29) is 12.6 Å². The summed E-state index contributed by atoms with van der Waals surface area (Å²) in [5.74, 6) is 0. The molecule has 0 radical (unpaired) electrons. The van der Waals surface area contributed by atoms with Crippen LogP contribution in [0.25, 0.3) is 0 Å². The summed E-state index contributed by atoms with van der Waals surface area (Å²) < 4.78 is 10.5. The van der Waals surface area contributed by atoms with E-state index < -0.39 is 13.2 Å². The van der Waals surface area contributed by atoms with Gasteiger partial charge in [-0.1, -0.05) is 13.8 Å². The van der Waals surface area contributed by atoms with Crippen molar-refractivity contribution in [2.75, 3.05) is 6.16 Å². The molecule has 0 spiro atoms. The minimum atomic E-state index is -3.95. The summed E-state index contributed by atoms with van der Waals surface area (Å²) in [6.45, 7) is 3.62. The van der Waals surface area contributed by atoms with Crippen LogP contribution in [-0.2, 0) is 4.57 Å². The first-order chi connectivity index (χ1) is 5.33. The van der Waals surface area contributed by atoms with Gasteiger partial charge in [-0.3, -0.25) is 4.57 Å². The molecule has 0 rings (SSSR count). The van der Waals surface area contributed by atoms with Crippen LogP contribution in [0, 0.1) is 0 Å². The Morgan fingerprint density at radius 3 is 1.92 bits per heavy atom. The van der Waals surface area contributed by atoms with Crippen molar-refractivity contribution in [1.82, 2.24) is 0 Å². The molecular weight excluding hydrogens is 179 g/mol. The van der Waals surface area contributed by atoms with Crippen molar-refractivity contribution in [3.63, 3.8) is 0 Å². The molecule has 0 bridgehead atoms. The van der Waals surface area contributed by atoms with Gasteiger partial charge in [0.25, 0.3) is 0 Å². The summed E-state index contributed by atoms with van der Waals surface area (Å²) in [6.07, 6.45) is 1.00. The van der Waals surface area contributed by atoms with Crippen LogP contribution in [0.15, 0.2) is 0 Å². The van der Waals surface area contributed by atoms with Gasteiger partial charge in [-0.25, -0.2) is 0 Å². The van der Waals surface area contributed by atoms with Gasteiger partial charge < -0.3 is 14.9 Å². The maximum atomic E-state index is 10.5. The van der Waals surface area contributed by atoms with Gasteiger partial charge in [-0.2, -0.15) is 0 Å². The summed E-state index contributed by atoms with van der Waals surface area (Å²) >= 11 is 0. The van der Waals surface area contributed by atoms with Crippen LogP contribution in [0.5, 0.6) is 0 Å². The SMILES string of the molecule is CCC(O)(CC)CCP(=O)(O)O. The molecule has 0 heterocycles. The second-order valence-corrected chi connectivity index (χ2v) is 4.85. The fraction of sp³-hybridized carbons (Fsp3) is 1.00. The average Bonchev–Trinajstić information content (AvgIpc) is 1.99. The van der Waals surface area contributed by atoms with E-state index in [1.165, 1.54) is 0 Å². The predicted octanol–water partition coefficient (Wildman–Crippen LogP) is 1.11. The molecule has 3 N–H and O–H groups in total. The summed E-state index contributed by atoms with van der Waals surface area (Å²) in [7, 11) is -3.95. The quantitative estimate of drug-likeness (QED) is 0.575. The number of aliphatic hydroxyl groups is 1. The Bertz CT molecular complexity index is 170. The Hall–Kier alpha value is 0.110. The topological polar surface area (TPSA) is 77.8 Å². The van der Waals surface area contributed by atoms with Crippen molar-refractivity contribution in [2.45, 2.75) is 38.7 Å². The maximum absolute atomic E-state index is 10.5. The fourth-order valence-electron chi connectivity index (χ4n) is 0.957. The molecule has 0 aromatic carbocycles. The van der Waals surface area contributed by atoms with Crippen LogP contribution in [0.1, 0.15) is 33.1 Å². The van der Waals surface area contributed by atoms with E-state index in [1.54, 1.807) is 0 Å². The van der Waals surface area contributed by atoms with E-state index in [0.29, 0.717) is 12.8 Å². The molecule has 5 heteroatoms. The van der Waals surface area contributed by atoms with Crippen molar-refractivity contribution in [3.05, 3.63) is 0 Å². The third-order valence-corrected chi connectivity index (χ3v) is 2.99. The molecule has 0 saturated carbocycles. The van der Waals surface area contributed by atoms with Crippen LogP contribution < -0.4 is 0 Å². The van der Waals surface area contributed by atoms with Crippen molar-refractivity contribution in [3.8, 4) is 0 Å². The Morgan fingerprint density at radius 2 is 1.67 bits per heavy atom. The Morgan fingerprint density at radius 1 is 1.25 bits per heavy atom. The molecule has 0 aliphatic carbocycles. The molecule has 0 saturated heterocycles. The van der Waals surface area contributed by atoms with E-state index in [4.69, 9.17) is 9.79 Å². The first-order valence-corrected chi connectivity index (χ1v) is 5.89. The van der Waals surface area contributed by atoms with Crippen molar-refractivity contribution >= 4 is 7.60 Å². The molecule has 0 amide bonds. The normalized spacial score (nSPS) is 13.4. The van der Waals surface area contributed by atoms with Gasteiger partial charge in [0, 0.05) is 0 Å². The number of hydrogen-bond donors (Lipinski definition) is 3. The highest BCUT2D eigenvalue weighted by molar-refractivity contribution is 7.51. The van der Waals surface area contributed by atoms with Gasteiger partial charge in [0.1, 0.15) is 0 Å². The minimum absolute atomic E-state index is 0.171. The van der Waals surface area contributed by atoms with E-state index in [2.05, 4.69) is 0 Å². The molecule has 0 atom stereocenters. The predicted molar refractivity (Wildman–Crippen MR) is 47.1 cm³/mol. The summed E-state index contributed by atoms with van der Waals surface area (Å²) in [5, 5.41) is 9.65. The van der Waals surface area contributed by atoms with Crippen LogP contribution in [0.4, 0.5) is 0 Å². The summed E-state index contributed by atoms with van der Waals surface area (Å²) in [4.78, 5) is 17.1. The number of hydrogen-bond acceptors (Lipinski definition) is 2. The lowest BCUT2D eigenvalue weighted by Gasteiger charge is -2.24. The first kappa shape index (κ1) is 12.1. The van der Waals surface area contributed by atoms with Crippen LogP contribution in [-0.4, -0.2) is 26.7 Å². The molecule has 0 aliphatic heterocycles. The standard InChI is InChI=1S/C7H17O4P/c1-3-7(8,4-2)5-6-12(9,10)11/h8H,3-6H2,1-2H3,(H2,9,10,11). The smallest absolute Gasteiger partial charge is 0.325 e. The summed E-state index contributed by atoms with van der Waals surface area (Å²) in [5.41, 5.74) is -0.902. The van der Waals surface area contributed by atoms with Gasteiger partial charge in [-0.15, -0.1) is 0 Å². The van der Waals surface area contributed by atoms with Gasteiger partial charge in [0.15, 0.2) is 0 Å². The third-order valence-electron chi connectivity index (χ3n) is 2.18. The molecular formula is C7H17O4P. The zero-order chi connectivity index (χ0) is 9.83. The lowest BCUT2D eigenvalue weighted by molar-refractivity contribution is 0.0281. The molecule has 0 aromatic rings. The molecule has 0 fully saturated rings. The van der Waals surface area contributed by atoms with Gasteiger partial charge in [0.05, 0.1) is 11.8 Å². The first-order valence-electron chi connectivity index (χ1n) is 4.10. The molecule has 0 unspecified atom stereocenters. The van der Waals surface area contributed by atoms with Gasteiger partial charge >= 0.3 is 7.60 Å². The van der Waals surface area contributed by atoms with Crippen LogP contribution in [0.3, 0.4) is 0 Å². The third kappa shape index (κ3) is 4.88. The highest BCUT2D eigenvalue weighted by Crippen LogP contribution is 2.37. The van der Waals surface area contributed by atoms with Crippen molar-refractivity contribution in [2.24, 2.45) is 0 Å². The molecule has 0 aliphatic rings. The van der Waals surface area contributed by atoms with Crippen LogP contribution >= 0.6 is 7.60 Å². The van der Waals surface area contributed by atoms with E-state index in [0.717, 1.165) is 0 Å². The second-order valence-electron chi connectivity index (χ2n) is 3.07. The Balaban J connectivity index is 3.98. The molecule has 4 nitrogen and oxygen atoms in total. The largest absolute Gasteiger partial charge is 0.390 e. The van der Waals surface area contributed by atoms with Crippen LogP contribution in [0.2, 0.25) is 0 Å². The zero-order valence-electron chi connectivity index (χ0n) is 7.53. The van der Waals surface area contributed by atoms with E-state index in [9.17, 15) is 9.67 Å². The highest BCUT2D eigenvalue weighted by atomic mass is 31.2. The summed E-state index contributed by atoms with van der Waals surface area (Å²) in [6, 6.07) is 0. The van der Waals surface area contributed by atoms with Crippen molar-refractivity contribution < 1.29 is 19.5 Å². The Kier molecular flexibility index (Phi) is 4.42. The fourth-order valence-corrected chi connectivity index (χ4v) is 1.66. The minimum Gasteiger partial charge on any atom is -0.390 e. The second kappa shape index (κ2) is 4.38. The highest BCUT2D eigenvalue weighted by Gasteiger charge is 2.26. The lowest BCUT2D eigenvalue weighted by Crippen LogP contribution is -2.27. The lowest BCUT2D eigenvalue weighted by atomic mass is 9.95. The van der Waals surface area contributed by atoms with Gasteiger partial charge in [-0.05, 0) is 19.3 Å². The maximum Gasteiger partial charge on any atom is 0.325 e. The van der Waals surface area contributed by atoms with Crippen molar-refractivity contribution in [1.29, 1.82) is 0 Å². The monoisotopic (exact) mass is 196 g/mol. The number of rotatable bonds is 5. The van der Waals surface area contributed by atoms with Gasteiger partial charge in [0.2, 0.25) is 0 Å². The van der Waals surface area contributed by atoms with E-state index >= 15 is 0 Å². The average molecular weight is 196 g/mol. The molecule has 74 valence electrons. The van der Waals surface area contributed by atoms with E-state index in [1.807, 2.05) is 13.8 Å². The molecule has 0 aromatic heterocycles. The zero-order valence-corrected chi connectivity index (χ0v) is 8.42. The molecule has 12 heavy (non-hydrogen) atoms.